The second kappa shape index (κ2) is 11.0. The molecule has 4 nitrogen and oxygen atoms in total. The van der Waals surface area contributed by atoms with E-state index >= 15 is 0 Å². The van der Waals surface area contributed by atoms with Crippen molar-refractivity contribution in [3.05, 3.63) is 0 Å². The predicted octanol–water partition coefficient (Wildman–Crippen LogP) is 3.54. The molecule has 0 aromatic rings. The molecule has 0 radical (unpaired) electrons. The van der Waals surface area contributed by atoms with Crippen LogP contribution in [0.25, 0.3) is 0 Å². The van der Waals surface area contributed by atoms with Gasteiger partial charge in [-0.1, -0.05) is 13.8 Å². The first-order chi connectivity index (χ1) is 9.76. The first kappa shape index (κ1) is 20.4. The maximum absolute atomic E-state index is 11.9. The lowest BCUT2D eigenvalue weighted by molar-refractivity contribution is -0.123. The first-order valence-corrected chi connectivity index (χ1v) is 8.28. The number of rotatable bonds is 12. The maximum atomic E-state index is 11.9. The van der Waals surface area contributed by atoms with Gasteiger partial charge in [0.2, 0.25) is 5.91 Å². The van der Waals surface area contributed by atoms with Crippen LogP contribution in [-0.2, 0) is 14.3 Å². The third-order valence-corrected chi connectivity index (χ3v) is 3.45. The second-order valence-corrected chi connectivity index (χ2v) is 6.74. The van der Waals surface area contributed by atoms with Crippen LogP contribution in [0.2, 0.25) is 0 Å². The molecule has 0 rings (SSSR count). The van der Waals surface area contributed by atoms with Crippen LogP contribution in [0.5, 0.6) is 0 Å². The first-order valence-electron chi connectivity index (χ1n) is 8.28. The Morgan fingerprint density at radius 3 is 2.38 bits per heavy atom. The molecule has 0 aromatic carbocycles. The van der Waals surface area contributed by atoms with Crippen molar-refractivity contribution in [2.45, 2.75) is 78.9 Å². The van der Waals surface area contributed by atoms with Crippen LogP contribution in [0.1, 0.15) is 67.2 Å². The van der Waals surface area contributed by atoms with E-state index in [0.29, 0.717) is 18.9 Å². The van der Waals surface area contributed by atoms with Crippen LogP contribution in [0.4, 0.5) is 0 Å². The summed E-state index contributed by atoms with van der Waals surface area (Å²) in [4.78, 5) is 11.9. The van der Waals surface area contributed by atoms with Gasteiger partial charge in [0.15, 0.2) is 0 Å². The quantitative estimate of drug-likeness (QED) is 0.561. The highest BCUT2D eigenvalue weighted by molar-refractivity contribution is 5.76. The number of amides is 1. The Bertz CT molecular complexity index is 277. The van der Waals surface area contributed by atoms with Gasteiger partial charge in [-0.15, -0.1) is 0 Å². The van der Waals surface area contributed by atoms with E-state index in [0.717, 1.165) is 32.5 Å². The van der Waals surface area contributed by atoms with Crippen molar-refractivity contribution in [3.63, 3.8) is 0 Å². The van der Waals surface area contributed by atoms with Crippen molar-refractivity contribution in [3.8, 4) is 0 Å². The van der Waals surface area contributed by atoms with Crippen LogP contribution >= 0.6 is 0 Å². The van der Waals surface area contributed by atoms with Crippen molar-refractivity contribution in [1.82, 2.24) is 5.32 Å². The number of ether oxygens (including phenoxy) is 2. The van der Waals surface area contributed by atoms with Crippen molar-refractivity contribution < 1.29 is 14.3 Å². The molecule has 1 amide bonds. The fourth-order valence-electron chi connectivity index (χ4n) is 1.88. The molecule has 1 atom stereocenters. The van der Waals surface area contributed by atoms with Crippen molar-refractivity contribution in [2.75, 3.05) is 19.8 Å². The summed E-state index contributed by atoms with van der Waals surface area (Å²) in [6, 6.07) is 0.161. The van der Waals surface area contributed by atoms with Gasteiger partial charge >= 0.3 is 0 Å². The Labute approximate surface area is 131 Å². The fourth-order valence-corrected chi connectivity index (χ4v) is 1.88. The lowest BCUT2D eigenvalue weighted by Gasteiger charge is -2.26. The van der Waals surface area contributed by atoms with Crippen molar-refractivity contribution in [1.29, 1.82) is 0 Å². The van der Waals surface area contributed by atoms with E-state index in [-0.39, 0.29) is 17.6 Å². The lowest BCUT2D eigenvalue weighted by Crippen LogP contribution is -2.35. The molecule has 1 unspecified atom stereocenters. The van der Waals surface area contributed by atoms with Gasteiger partial charge in [0.25, 0.3) is 0 Å². The highest BCUT2D eigenvalue weighted by Gasteiger charge is 2.20. The van der Waals surface area contributed by atoms with Gasteiger partial charge < -0.3 is 14.8 Å². The number of carbonyl (C=O) groups is 1. The number of hydrogen-bond donors (Lipinski definition) is 1. The SMILES string of the molecule is CCOCCC(C)NC(=O)CCC(C)(C)OCCC(C)C. The Morgan fingerprint density at radius 2 is 1.81 bits per heavy atom. The van der Waals surface area contributed by atoms with Crippen LogP contribution in [-0.4, -0.2) is 37.4 Å². The molecule has 21 heavy (non-hydrogen) atoms. The Balaban J connectivity index is 3.83. The molecule has 0 saturated heterocycles. The maximum Gasteiger partial charge on any atom is 0.220 e. The number of carbonyl (C=O) groups excluding carboxylic acids is 1. The van der Waals surface area contributed by atoms with Gasteiger partial charge in [-0.25, -0.2) is 0 Å². The largest absolute Gasteiger partial charge is 0.382 e. The molecule has 0 spiro atoms. The zero-order valence-electron chi connectivity index (χ0n) is 14.8. The second-order valence-electron chi connectivity index (χ2n) is 6.74. The smallest absolute Gasteiger partial charge is 0.220 e. The minimum Gasteiger partial charge on any atom is -0.382 e. The van der Waals surface area contributed by atoms with Crippen LogP contribution in [0.15, 0.2) is 0 Å². The molecule has 0 heterocycles. The minimum absolute atomic E-state index is 0.0968. The molecule has 0 aliphatic carbocycles. The van der Waals surface area contributed by atoms with Gasteiger partial charge in [0.1, 0.15) is 0 Å². The molecule has 0 bridgehead atoms. The molecular weight excluding hydrogens is 266 g/mol. The van der Waals surface area contributed by atoms with Crippen LogP contribution in [0.3, 0.4) is 0 Å². The standard InChI is InChI=1S/C17H35NO3/c1-7-20-12-10-15(4)18-16(19)8-11-17(5,6)21-13-9-14(2)3/h14-15H,7-13H2,1-6H3,(H,18,19). The third kappa shape index (κ3) is 12.8. The molecule has 0 fully saturated rings. The average molecular weight is 301 g/mol. The van der Waals surface area contributed by atoms with Gasteiger partial charge in [-0.2, -0.15) is 0 Å². The summed E-state index contributed by atoms with van der Waals surface area (Å²) in [5, 5.41) is 3.01. The normalized spacial score (nSPS) is 13.5. The van der Waals surface area contributed by atoms with Gasteiger partial charge in [-0.3, -0.25) is 4.79 Å². The lowest BCUT2D eigenvalue weighted by atomic mass is 10.0. The summed E-state index contributed by atoms with van der Waals surface area (Å²) in [5.41, 5.74) is -0.235. The molecule has 0 aliphatic rings. The molecule has 4 heteroatoms. The average Bonchev–Trinajstić information content (AvgIpc) is 2.36. The summed E-state index contributed by atoms with van der Waals surface area (Å²) >= 11 is 0. The third-order valence-electron chi connectivity index (χ3n) is 3.45. The summed E-state index contributed by atoms with van der Waals surface area (Å²) in [6.07, 6.45) is 3.17. The summed E-state index contributed by atoms with van der Waals surface area (Å²) in [7, 11) is 0. The van der Waals surface area contributed by atoms with E-state index < -0.39 is 0 Å². The van der Waals surface area contributed by atoms with Gasteiger partial charge in [0.05, 0.1) is 5.60 Å². The minimum atomic E-state index is -0.235. The molecule has 126 valence electrons. The van der Waals surface area contributed by atoms with E-state index in [9.17, 15) is 4.79 Å². The summed E-state index contributed by atoms with van der Waals surface area (Å²) in [6.45, 7) is 14.7. The van der Waals surface area contributed by atoms with Crippen LogP contribution < -0.4 is 5.32 Å². The zero-order valence-corrected chi connectivity index (χ0v) is 14.8. The Morgan fingerprint density at radius 1 is 1.14 bits per heavy atom. The van der Waals surface area contributed by atoms with E-state index in [1.807, 2.05) is 13.8 Å². The van der Waals surface area contributed by atoms with Crippen molar-refractivity contribution in [2.24, 2.45) is 5.92 Å². The van der Waals surface area contributed by atoms with E-state index in [1.54, 1.807) is 0 Å². The number of hydrogen-bond acceptors (Lipinski definition) is 3. The highest BCUT2D eigenvalue weighted by Crippen LogP contribution is 2.18. The van der Waals surface area contributed by atoms with E-state index in [2.05, 4.69) is 33.0 Å². The summed E-state index contributed by atoms with van der Waals surface area (Å²) in [5.74, 6) is 0.745. The van der Waals surface area contributed by atoms with E-state index in [4.69, 9.17) is 9.47 Å². The number of nitrogens with one attached hydrogen (secondary N) is 1. The van der Waals surface area contributed by atoms with Gasteiger partial charge in [0, 0.05) is 32.3 Å². The molecule has 1 N–H and O–H groups in total. The molecular formula is C17H35NO3. The van der Waals surface area contributed by atoms with Crippen LogP contribution in [0, 0.1) is 5.92 Å². The monoisotopic (exact) mass is 301 g/mol. The van der Waals surface area contributed by atoms with E-state index in [1.165, 1.54) is 0 Å². The van der Waals surface area contributed by atoms with Gasteiger partial charge in [-0.05, 0) is 52.9 Å². The molecule has 0 aromatic heterocycles. The summed E-state index contributed by atoms with van der Waals surface area (Å²) < 4.78 is 11.2. The Hall–Kier alpha value is -0.610. The zero-order chi connectivity index (χ0) is 16.3. The fraction of sp³-hybridized carbons (Fsp3) is 0.941. The molecule has 0 aliphatic heterocycles. The predicted molar refractivity (Wildman–Crippen MR) is 87.4 cm³/mol. The highest BCUT2D eigenvalue weighted by atomic mass is 16.5. The topological polar surface area (TPSA) is 47.6 Å². The Kier molecular flexibility index (Phi) is 10.7. The van der Waals surface area contributed by atoms with Crippen molar-refractivity contribution >= 4 is 5.91 Å². The molecule has 0 saturated carbocycles.